The van der Waals surface area contributed by atoms with Crippen LogP contribution in [0.4, 0.5) is 0 Å². The number of benzene rings is 1. The fourth-order valence-electron chi connectivity index (χ4n) is 1.77. The fourth-order valence-corrected chi connectivity index (χ4v) is 1.77. The zero-order valence-electron chi connectivity index (χ0n) is 9.53. The van der Waals surface area contributed by atoms with E-state index in [0.717, 1.165) is 24.4 Å². The molecule has 0 aliphatic heterocycles. The number of hydrogen-bond acceptors (Lipinski definition) is 2. The molecular weight excluding hydrogens is 198 g/mol. The second kappa shape index (κ2) is 4.94. The standard InChI is InChI=1S/C13H17N3/c1-10-4-2-3-5-11(10)8-13-15-9-12(16-13)6-7-14/h2-5,9H,6-8,14H2,1H3,(H,15,16). The Morgan fingerprint density at radius 1 is 1.31 bits per heavy atom. The van der Waals surface area contributed by atoms with Crippen molar-refractivity contribution in [1.29, 1.82) is 0 Å². The van der Waals surface area contributed by atoms with E-state index in [9.17, 15) is 0 Å². The first-order valence-corrected chi connectivity index (χ1v) is 5.57. The molecule has 2 rings (SSSR count). The highest BCUT2D eigenvalue weighted by atomic mass is 14.9. The maximum absolute atomic E-state index is 5.50. The van der Waals surface area contributed by atoms with Crippen LogP contribution in [0.1, 0.15) is 22.6 Å². The smallest absolute Gasteiger partial charge is 0.110 e. The molecule has 0 fully saturated rings. The predicted octanol–water partition coefficient (Wildman–Crippen LogP) is 1.81. The Balaban J connectivity index is 2.11. The molecule has 16 heavy (non-hydrogen) atoms. The van der Waals surface area contributed by atoms with Gasteiger partial charge < -0.3 is 10.7 Å². The summed E-state index contributed by atoms with van der Waals surface area (Å²) in [6, 6.07) is 8.38. The van der Waals surface area contributed by atoms with Crippen molar-refractivity contribution in [2.75, 3.05) is 6.54 Å². The van der Waals surface area contributed by atoms with Crippen LogP contribution in [0.2, 0.25) is 0 Å². The molecule has 0 aliphatic carbocycles. The lowest BCUT2D eigenvalue weighted by molar-refractivity contribution is 0.918. The molecule has 0 amide bonds. The van der Waals surface area contributed by atoms with E-state index in [2.05, 4.69) is 41.2 Å². The molecule has 84 valence electrons. The van der Waals surface area contributed by atoms with Gasteiger partial charge in [-0.25, -0.2) is 4.98 Å². The van der Waals surface area contributed by atoms with E-state index < -0.39 is 0 Å². The third kappa shape index (κ3) is 2.49. The molecular formula is C13H17N3. The number of imidazole rings is 1. The molecule has 1 heterocycles. The van der Waals surface area contributed by atoms with Crippen LogP contribution in [0, 0.1) is 6.92 Å². The maximum atomic E-state index is 5.50. The number of H-pyrrole nitrogens is 1. The van der Waals surface area contributed by atoms with E-state index in [4.69, 9.17) is 5.73 Å². The minimum absolute atomic E-state index is 0.659. The minimum Gasteiger partial charge on any atom is -0.346 e. The Morgan fingerprint density at radius 3 is 2.88 bits per heavy atom. The predicted molar refractivity (Wildman–Crippen MR) is 65.3 cm³/mol. The van der Waals surface area contributed by atoms with Gasteiger partial charge in [0.15, 0.2) is 0 Å². The molecule has 0 aliphatic rings. The summed E-state index contributed by atoms with van der Waals surface area (Å²) < 4.78 is 0. The highest BCUT2D eigenvalue weighted by molar-refractivity contribution is 5.28. The zero-order chi connectivity index (χ0) is 11.4. The summed E-state index contributed by atoms with van der Waals surface area (Å²) in [5.41, 5.74) is 9.24. The summed E-state index contributed by atoms with van der Waals surface area (Å²) in [4.78, 5) is 7.66. The van der Waals surface area contributed by atoms with Gasteiger partial charge in [-0.15, -0.1) is 0 Å². The molecule has 0 spiro atoms. The molecule has 2 aromatic rings. The minimum atomic E-state index is 0.659. The number of nitrogens with zero attached hydrogens (tertiary/aromatic N) is 1. The first-order chi connectivity index (χ1) is 7.79. The highest BCUT2D eigenvalue weighted by Gasteiger charge is 2.03. The van der Waals surface area contributed by atoms with Gasteiger partial charge in [0, 0.05) is 24.7 Å². The van der Waals surface area contributed by atoms with Crippen molar-refractivity contribution in [3.63, 3.8) is 0 Å². The summed E-state index contributed by atoms with van der Waals surface area (Å²) in [5, 5.41) is 0. The van der Waals surface area contributed by atoms with Crippen molar-refractivity contribution in [3.05, 3.63) is 53.1 Å². The molecule has 0 atom stereocenters. The number of nitrogens with two attached hydrogens (primary N) is 1. The highest BCUT2D eigenvalue weighted by Crippen LogP contribution is 2.11. The molecule has 0 unspecified atom stereocenters. The fraction of sp³-hybridized carbons (Fsp3) is 0.308. The summed E-state index contributed by atoms with van der Waals surface area (Å²) in [7, 11) is 0. The SMILES string of the molecule is Cc1ccccc1Cc1ncc(CCN)[nH]1. The van der Waals surface area contributed by atoms with Gasteiger partial charge in [0.05, 0.1) is 0 Å². The van der Waals surface area contributed by atoms with E-state index in [1.807, 2.05) is 6.20 Å². The van der Waals surface area contributed by atoms with Crippen LogP contribution in [-0.4, -0.2) is 16.5 Å². The van der Waals surface area contributed by atoms with E-state index in [1.54, 1.807) is 0 Å². The summed E-state index contributed by atoms with van der Waals surface area (Å²) in [6.45, 7) is 2.78. The van der Waals surface area contributed by atoms with Gasteiger partial charge in [-0.05, 0) is 24.6 Å². The van der Waals surface area contributed by atoms with Gasteiger partial charge in [-0.2, -0.15) is 0 Å². The lowest BCUT2D eigenvalue weighted by Crippen LogP contribution is -2.03. The van der Waals surface area contributed by atoms with Crippen LogP contribution in [-0.2, 0) is 12.8 Å². The lowest BCUT2D eigenvalue weighted by atomic mass is 10.1. The van der Waals surface area contributed by atoms with Gasteiger partial charge in [0.2, 0.25) is 0 Å². The van der Waals surface area contributed by atoms with Gasteiger partial charge in [0.1, 0.15) is 5.82 Å². The van der Waals surface area contributed by atoms with Crippen molar-refractivity contribution in [1.82, 2.24) is 9.97 Å². The van der Waals surface area contributed by atoms with Crippen molar-refractivity contribution >= 4 is 0 Å². The van der Waals surface area contributed by atoms with Crippen molar-refractivity contribution in [2.24, 2.45) is 5.73 Å². The van der Waals surface area contributed by atoms with Crippen molar-refractivity contribution in [3.8, 4) is 0 Å². The maximum Gasteiger partial charge on any atom is 0.110 e. The summed E-state index contributed by atoms with van der Waals surface area (Å²) >= 11 is 0. The average molecular weight is 215 g/mol. The largest absolute Gasteiger partial charge is 0.346 e. The van der Waals surface area contributed by atoms with Crippen molar-refractivity contribution in [2.45, 2.75) is 19.8 Å². The number of aryl methyl sites for hydroxylation is 1. The van der Waals surface area contributed by atoms with E-state index >= 15 is 0 Å². The molecule has 0 radical (unpaired) electrons. The number of rotatable bonds is 4. The van der Waals surface area contributed by atoms with E-state index in [0.29, 0.717) is 6.54 Å². The van der Waals surface area contributed by atoms with Crippen LogP contribution in [0.3, 0.4) is 0 Å². The molecule has 0 saturated carbocycles. The lowest BCUT2D eigenvalue weighted by Gasteiger charge is -2.02. The second-order valence-corrected chi connectivity index (χ2v) is 4.00. The Hall–Kier alpha value is -1.61. The van der Waals surface area contributed by atoms with Gasteiger partial charge >= 0.3 is 0 Å². The molecule has 0 saturated heterocycles. The average Bonchev–Trinajstić information content (AvgIpc) is 2.70. The van der Waals surface area contributed by atoms with E-state index in [1.165, 1.54) is 11.1 Å². The number of nitrogens with one attached hydrogen (secondary N) is 1. The van der Waals surface area contributed by atoms with Crippen LogP contribution in [0.5, 0.6) is 0 Å². The van der Waals surface area contributed by atoms with Crippen molar-refractivity contribution < 1.29 is 0 Å². The molecule has 0 bridgehead atoms. The first-order valence-electron chi connectivity index (χ1n) is 5.57. The number of aromatic nitrogens is 2. The first kappa shape index (κ1) is 10.9. The van der Waals surface area contributed by atoms with Gasteiger partial charge in [-0.3, -0.25) is 0 Å². The molecule has 1 aromatic carbocycles. The molecule has 3 nitrogen and oxygen atoms in total. The normalized spacial score (nSPS) is 10.6. The zero-order valence-corrected chi connectivity index (χ0v) is 9.53. The van der Waals surface area contributed by atoms with Crippen LogP contribution < -0.4 is 5.73 Å². The molecule has 3 N–H and O–H groups in total. The van der Waals surface area contributed by atoms with Crippen LogP contribution >= 0.6 is 0 Å². The Labute approximate surface area is 95.7 Å². The van der Waals surface area contributed by atoms with Gasteiger partial charge in [-0.1, -0.05) is 24.3 Å². The third-order valence-corrected chi connectivity index (χ3v) is 2.71. The Bertz CT molecular complexity index is 460. The monoisotopic (exact) mass is 215 g/mol. The second-order valence-electron chi connectivity index (χ2n) is 4.00. The molecule has 3 heteroatoms. The Kier molecular flexibility index (Phi) is 3.37. The quantitative estimate of drug-likeness (QED) is 0.817. The Morgan fingerprint density at radius 2 is 2.12 bits per heavy atom. The topological polar surface area (TPSA) is 54.7 Å². The molecule has 1 aromatic heterocycles. The van der Waals surface area contributed by atoms with E-state index in [-0.39, 0.29) is 0 Å². The number of aromatic amines is 1. The van der Waals surface area contributed by atoms with Crippen LogP contribution in [0.15, 0.2) is 30.5 Å². The summed E-state index contributed by atoms with van der Waals surface area (Å²) in [5.74, 6) is 1.01. The van der Waals surface area contributed by atoms with Gasteiger partial charge in [0.25, 0.3) is 0 Å². The van der Waals surface area contributed by atoms with Crippen LogP contribution in [0.25, 0.3) is 0 Å². The number of hydrogen-bond donors (Lipinski definition) is 2. The summed E-state index contributed by atoms with van der Waals surface area (Å²) in [6.07, 6.45) is 3.60. The third-order valence-electron chi connectivity index (χ3n) is 2.71.